The van der Waals surface area contributed by atoms with Crippen molar-refractivity contribution in [1.82, 2.24) is 4.98 Å². The second-order valence-electron chi connectivity index (χ2n) is 3.47. The van der Waals surface area contributed by atoms with Crippen molar-refractivity contribution in [2.24, 2.45) is 0 Å². The number of benzene rings is 1. The Balaban J connectivity index is 2.64. The van der Waals surface area contributed by atoms with E-state index in [1.54, 1.807) is 0 Å². The van der Waals surface area contributed by atoms with Gasteiger partial charge in [-0.2, -0.15) is 0 Å². The predicted molar refractivity (Wildman–Crippen MR) is 61.6 cm³/mol. The maximum Gasteiger partial charge on any atom is 0.335 e. The zero-order valence-electron chi connectivity index (χ0n) is 8.82. The monoisotopic (exact) mass is 269 g/mol. The van der Waals surface area contributed by atoms with Crippen LogP contribution in [0.2, 0.25) is 5.15 Å². The Bertz CT molecular complexity index is 631. The number of rotatable bonds is 2. The van der Waals surface area contributed by atoms with Gasteiger partial charge in [0.1, 0.15) is 5.15 Å². The fraction of sp³-hybridized carbons (Fsp3) is 0. The quantitative estimate of drug-likeness (QED) is 0.850. The first kappa shape index (κ1) is 12.4. The van der Waals surface area contributed by atoms with Crippen LogP contribution in [0.5, 0.6) is 0 Å². The van der Waals surface area contributed by atoms with Crippen LogP contribution in [0.15, 0.2) is 30.3 Å². The first-order chi connectivity index (χ1) is 8.49. The summed E-state index contributed by atoms with van der Waals surface area (Å²) in [5.74, 6) is -3.35. The van der Waals surface area contributed by atoms with Gasteiger partial charge in [-0.05, 0) is 24.3 Å². The van der Waals surface area contributed by atoms with Crippen LogP contribution in [-0.2, 0) is 0 Å². The highest BCUT2D eigenvalue weighted by Crippen LogP contribution is 2.25. The van der Waals surface area contributed by atoms with E-state index in [-0.39, 0.29) is 22.0 Å². The summed E-state index contributed by atoms with van der Waals surface area (Å²) in [6, 6.07) is 5.82. The maximum absolute atomic E-state index is 13.5. The van der Waals surface area contributed by atoms with Crippen LogP contribution in [0, 0.1) is 11.6 Å². The van der Waals surface area contributed by atoms with Crippen molar-refractivity contribution in [3.05, 3.63) is 52.7 Å². The molecule has 0 aliphatic rings. The molecular weight excluding hydrogens is 264 g/mol. The maximum atomic E-state index is 13.5. The van der Waals surface area contributed by atoms with Crippen LogP contribution in [0.4, 0.5) is 8.78 Å². The number of halogens is 3. The van der Waals surface area contributed by atoms with Crippen molar-refractivity contribution in [2.45, 2.75) is 0 Å². The molecule has 0 aliphatic carbocycles. The molecule has 0 fully saturated rings. The highest BCUT2D eigenvalue weighted by Gasteiger charge is 2.14. The Morgan fingerprint density at radius 1 is 1.28 bits per heavy atom. The highest BCUT2D eigenvalue weighted by atomic mass is 35.5. The van der Waals surface area contributed by atoms with Crippen molar-refractivity contribution in [1.29, 1.82) is 0 Å². The Morgan fingerprint density at radius 3 is 2.67 bits per heavy atom. The third-order valence-electron chi connectivity index (χ3n) is 2.27. The Kier molecular flexibility index (Phi) is 3.25. The zero-order chi connectivity index (χ0) is 13.3. The van der Waals surface area contributed by atoms with Gasteiger partial charge in [-0.3, -0.25) is 0 Å². The number of aromatic nitrogens is 1. The average molecular weight is 270 g/mol. The largest absolute Gasteiger partial charge is 0.478 e. The van der Waals surface area contributed by atoms with E-state index in [4.69, 9.17) is 16.7 Å². The molecule has 0 spiro atoms. The van der Waals surface area contributed by atoms with Gasteiger partial charge in [0, 0.05) is 5.56 Å². The lowest BCUT2D eigenvalue weighted by Gasteiger charge is -2.05. The van der Waals surface area contributed by atoms with Crippen molar-refractivity contribution in [3.8, 4) is 11.3 Å². The molecule has 2 rings (SSSR count). The van der Waals surface area contributed by atoms with Crippen LogP contribution in [-0.4, -0.2) is 16.1 Å². The Hall–Kier alpha value is -2.01. The molecule has 1 N–H and O–H groups in total. The summed E-state index contributed by atoms with van der Waals surface area (Å²) in [6.45, 7) is 0. The normalized spacial score (nSPS) is 10.4. The third kappa shape index (κ3) is 2.31. The van der Waals surface area contributed by atoms with Gasteiger partial charge in [0.05, 0.1) is 11.3 Å². The van der Waals surface area contributed by atoms with E-state index in [1.807, 2.05) is 0 Å². The molecule has 0 unspecified atom stereocenters. The van der Waals surface area contributed by atoms with Crippen LogP contribution in [0.1, 0.15) is 10.4 Å². The van der Waals surface area contributed by atoms with E-state index in [1.165, 1.54) is 12.1 Å². The summed E-state index contributed by atoms with van der Waals surface area (Å²) in [4.78, 5) is 14.6. The summed E-state index contributed by atoms with van der Waals surface area (Å²) < 4.78 is 26.6. The molecule has 3 nitrogen and oxygen atoms in total. The summed E-state index contributed by atoms with van der Waals surface area (Å²) in [7, 11) is 0. The molecule has 0 saturated heterocycles. The SMILES string of the molecule is O=C(O)c1cc(Cl)nc(-c2cccc(F)c2F)c1. The summed E-state index contributed by atoms with van der Waals surface area (Å²) in [6.07, 6.45) is 0. The predicted octanol–water partition coefficient (Wildman–Crippen LogP) is 3.38. The van der Waals surface area contributed by atoms with Gasteiger partial charge in [-0.15, -0.1) is 0 Å². The number of hydrogen-bond donors (Lipinski definition) is 1. The lowest BCUT2D eigenvalue weighted by molar-refractivity contribution is 0.0697. The molecule has 1 heterocycles. The number of carboxylic acids is 1. The lowest BCUT2D eigenvalue weighted by atomic mass is 10.1. The van der Waals surface area contributed by atoms with E-state index in [0.717, 1.165) is 18.2 Å². The molecule has 1 aromatic carbocycles. The molecule has 6 heteroatoms. The number of nitrogens with zero attached hydrogens (tertiary/aromatic N) is 1. The number of hydrogen-bond acceptors (Lipinski definition) is 2. The molecule has 0 aliphatic heterocycles. The summed E-state index contributed by atoms with van der Waals surface area (Å²) in [5.41, 5.74) is -0.314. The fourth-order valence-electron chi connectivity index (χ4n) is 1.46. The average Bonchev–Trinajstić information content (AvgIpc) is 2.31. The number of pyridine rings is 1. The smallest absolute Gasteiger partial charge is 0.335 e. The molecule has 2 aromatic rings. The molecule has 92 valence electrons. The zero-order valence-corrected chi connectivity index (χ0v) is 9.58. The molecule has 0 amide bonds. The van der Waals surface area contributed by atoms with Gasteiger partial charge in [-0.25, -0.2) is 18.6 Å². The fourth-order valence-corrected chi connectivity index (χ4v) is 1.67. The van der Waals surface area contributed by atoms with E-state index in [2.05, 4.69) is 4.98 Å². The molecular formula is C12H6ClF2NO2. The number of aromatic carboxylic acids is 1. The lowest BCUT2D eigenvalue weighted by Crippen LogP contribution is -1.99. The van der Waals surface area contributed by atoms with Crippen LogP contribution in [0.25, 0.3) is 11.3 Å². The van der Waals surface area contributed by atoms with E-state index in [9.17, 15) is 13.6 Å². The van der Waals surface area contributed by atoms with Gasteiger partial charge in [0.25, 0.3) is 0 Å². The van der Waals surface area contributed by atoms with Crippen LogP contribution in [0.3, 0.4) is 0 Å². The van der Waals surface area contributed by atoms with Crippen molar-refractivity contribution in [3.63, 3.8) is 0 Å². The minimum absolute atomic E-state index is 0.0306. The molecule has 0 radical (unpaired) electrons. The van der Waals surface area contributed by atoms with Gasteiger partial charge in [-0.1, -0.05) is 17.7 Å². The first-order valence-corrected chi connectivity index (χ1v) is 5.22. The van der Waals surface area contributed by atoms with Gasteiger partial charge in [0.15, 0.2) is 11.6 Å². The highest BCUT2D eigenvalue weighted by molar-refractivity contribution is 6.29. The van der Waals surface area contributed by atoms with Crippen molar-refractivity contribution < 1.29 is 18.7 Å². The number of carbonyl (C=O) groups is 1. The standard InChI is InChI=1S/C12H6ClF2NO2/c13-10-5-6(12(17)18)4-9(16-10)7-2-1-3-8(14)11(7)15/h1-5H,(H,17,18). The Labute approximate surface area is 106 Å². The van der Waals surface area contributed by atoms with E-state index < -0.39 is 17.6 Å². The molecule has 0 atom stereocenters. The Morgan fingerprint density at radius 2 is 2.00 bits per heavy atom. The molecule has 0 saturated carbocycles. The molecule has 1 aromatic heterocycles. The van der Waals surface area contributed by atoms with Crippen LogP contribution < -0.4 is 0 Å². The van der Waals surface area contributed by atoms with Crippen molar-refractivity contribution >= 4 is 17.6 Å². The van der Waals surface area contributed by atoms with Gasteiger partial charge in [0.2, 0.25) is 0 Å². The van der Waals surface area contributed by atoms with Gasteiger partial charge < -0.3 is 5.11 Å². The minimum atomic E-state index is -1.22. The third-order valence-corrected chi connectivity index (χ3v) is 2.46. The van der Waals surface area contributed by atoms with Crippen molar-refractivity contribution in [2.75, 3.05) is 0 Å². The topological polar surface area (TPSA) is 50.2 Å². The summed E-state index contributed by atoms with van der Waals surface area (Å²) >= 11 is 5.65. The first-order valence-electron chi connectivity index (χ1n) is 4.84. The van der Waals surface area contributed by atoms with Crippen LogP contribution >= 0.6 is 11.6 Å². The van der Waals surface area contributed by atoms with E-state index >= 15 is 0 Å². The number of carboxylic acid groups (broad SMARTS) is 1. The second kappa shape index (κ2) is 4.70. The van der Waals surface area contributed by atoms with Gasteiger partial charge >= 0.3 is 5.97 Å². The van der Waals surface area contributed by atoms with E-state index in [0.29, 0.717) is 0 Å². The second-order valence-corrected chi connectivity index (χ2v) is 3.86. The molecule has 0 bridgehead atoms. The summed E-state index contributed by atoms with van der Waals surface area (Å²) in [5, 5.41) is 8.75. The molecule has 18 heavy (non-hydrogen) atoms. The minimum Gasteiger partial charge on any atom is -0.478 e.